The van der Waals surface area contributed by atoms with E-state index in [0.717, 1.165) is 30.7 Å². The molecule has 1 atom stereocenters. The van der Waals surface area contributed by atoms with E-state index in [0.29, 0.717) is 11.4 Å². The molecule has 0 aromatic heterocycles. The molecular weight excluding hydrogens is 246 g/mol. The number of hydrogen-bond donors (Lipinski definition) is 1. The van der Waals surface area contributed by atoms with Crippen molar-refractivity contribution in [2.75, 3.05) is 24.5 Å². The fraction of sp³-hybridized carbons (Fsp3) is 0.333. The molecule has 0 unspecified atom stereocenters. The highest BCUT2D eigenvalue weighted by atomic mass is 19.1. The van der Waals surface area contributed by atoms with Crippen LogP contribution in [0.25, 0.3) is 10.8 Å². The Kier molecular flexibility index (Phi) is 3.11. The predicted molar refractivity (Wildman–Crippen MR) is 73.5 cm³/mol. The Labute approximate surface area is 111 Å². The smallest absolute Gasteiger partial charge is 0.131 e. The molecule has 0 saturated carbocycles. The van der Waals surface area contributed by atoms with Crippen LogP contribution in [-0.4, -0.2) is 25.7 Å². The van der Waals surface area contributed by atoms with Crippen molar-refractivity contribution in [1.82, 2.24) is 5.32 Å². The molecule has 1 saturated heterocycles. The first kappa shape index (κ1) is 12.4. The van der Waals surface area contributed by atoms with E-state index in [2.05, 4.69) is 17.1 Å². The van der Waals surface area contributed by atoms with Gasteiger partial charge in [0.15, 0.2) is 0 Å². The number of anilines is 1. The largest absolute Gasteiger partial charge is 0.368 e. The molecule has 2 aromatic rings. The van der Waals surface area contributed by atoms with E-state index in [9.17, 15) is 8.78 Å². The van der Waals surface area contributed by atoms with Crippen molar-refractivity contribution in [1.29, 1.82) is 0 Å². The molecule has 0 radical (unpaired) electrons. The van der Waals surface area contributed by atoms with Gasteiger partial charge in [-0.15, -0.1) is 0 Å². The van der Waals surface area contributed by atoms with Gasteiger partial charge < -0.3 is 10.2 Å². The summed E-state index contributed by atoms with van der Waals surface area (Å²) >= 11 is 0. The molecule has 19 heavy (non-hydrogen) atoms. The summed E-state index contributed by atoms with van der Waals surface area (Å²) in [5.41, 5.74) is 0.977. The lowest BCUT2D eigenvalue weighted by Crippen LogP contribution is -2.49. The van der Waals surface area contributed by atoms with Gasteiger partial charge in [-0.25, -0.2) is 8.78 Å². The van der Waals surface area contributed by atoms with Crippen molar-refractivity contribution in [3.8, 4) is 0 Å². The van der Waals surface area contributed by atoms with Crippen LogP contribution in [0.15, 0.2) is 30.3 Å². The molecule has 1 fully saturated rings. The summed E-state index contributed by atoms with van der Waals surface area (Å²) in [6.07, 6.45) is 0. The third kappa shape index (κ3) is 2.28. The maximum absolute atomic E-state index is 13.8. The number of benzene rings is 2. The normalized spacial score (nSPS) is 19.9. The number of nitrogens with one attached hydrogen (secondary N) is 1. The van der Waals surface area contributed by atoms with Gasteiger partial charge in [0.2, 0.25) is 0 Å². The Hall–Kier alpha value is -1.68. The number of piperazine rings is 1. The van der Waals surface area contributed by atoms with Crippen LogP contribution in [0.5, 0.6) is 0 Å². The Bertz CT molecular complexity index is 612. The van der Waals surface area contributed by atoms with E-state index >= 15 is 0 Å². The van der Waals surface area contributed by atoms with Gasteiger partial charge in [-0.2, -0.15) is 0 Å². The van der Waals surface area contributed by atoms with Crippen molar-refractivity contribution in [2.24, 2.45) is 0 Å². The van der Waals surface area contributed by atoms with Crippen LogP contribution in [0.4, 0.5) is 14.5 Å². The molecule has 2 nitrogen and oxygen atoms in total. The third-order valence-electron chi connectivity index (χ3n) is 3.61. The van der Waals surface area contributed by atoms with Gasteiger partial charge in [-0.1, -0.05) is 0 Å². The quantitative estimate of drug-likeness (QED) is 0.850. The zero-order chi connectivity index (χ0) is 13.4. The summed E-state index contributed by atoms with van der Waals surface area (Å²) < 4.78 is 27.1. The molecular formula is C15H16F2N2. The average molecular weight is 262 g/mol. The Morgan fingerprint density at radius 3 is 2.79 bits per heavy atom. The molecule has 4 heteroatoms. The minimum Gasteiger partial charge on any atom is -0.368 e. The monoisotopic (exact) mass is 262 g/mol. The summed E-state index contributed by atoms with van der Waals surface area (Å²) in [5.74, 6) is -0.779. The standard InChI is InChI=1S/C15H16F2N2/c1-10-9-19(7-6-18-10)15-5-4-14(17)13-8-11(16)2-3-12(13)15/h2-5,8,10,18H,6-7,9H2,1H3/t10-/m1/s1. The van der Waals surface area contributed by atoms with Gasteiger partial charge in [0.05, 0.1) is 0 Å². The summed E-state index contributed by atoms with van der Waals surface area (Å²) in [6, 6.07) is 7.92. The molecule has 0 aliphatic carbocycles. The third-order valence-corrected chi connectivity index (χ3v) is 3.61. The number of hydrogen-bond acceptors (Lipinski definition) is 2. The maximum atomic E-state index is 13.8. The minimum absolute atomic E-state index is 0.351. The summed E-state index contributed by atoms with van der Waals surface area (Å²) in [4.78, 5) is 2.22. The van der Waals surface area contributed by atoms with Gasteiger partial charge in [0.25, 0.3) is 0 Å². The molecule has 1 aliphatic rings. The van der Waals surface area contributed by atoms with Gasteiger partial charge in [-0.3, -0.25) is 0 Å². The first-order chi connectivity index (χ1) is 9.15. The molecule has 2 aromatic carbocycles. The number of nitrogens with zero attached hydrogens (tertiary/aromatic N) is 1. The van der Waals surface area contributed by atoms with Gasteiger partial charge in [-0.05, 0) is 37.3 Å². The van der Waals surface area contributed by atoms with Gasteiger partial charge in [0, 0.05) is 42.1 Å². The first-order valence-corrected chi connectivity index (χ1v) is 6.51. The zero-order valence-electron chi connectivity index (χ0n) is 10.8. The van der Waals surface area contributed by atoms with Crippen molar-refractivity contribution in [2.45, 2.75) is 13.0 Å². The van der Waals surface area contributed by atoms with Crippen LogP contribution in [0.3, 0.4) is 0 Å². The Morgan fingerprint density at radius 1 is 1.16 bits per heavy atom. The van der Waals surface area contributed by atoms with Crippen molar-refractivity contribution >= 4 is 16.5 Å². The second kappa shape index (κ2) is 4.78. The Balaban J connectivity index is 2.11. The van der Waals surface area contributed by atoms with E-state index in [-0.39, 0.29) is 5.82 Å². The molecule has 1 N–H and O–H groups in total. The lowest BCUT2D eigenvalue weighted by atomic mass is 10.1. The van der Waals surface area contributed by atoms with Crippen LogP contribution >= 0.6 is 0 Å². The molecule has 1 aliphatic heterocycles. The van der Waals surface area contributed by atoms with Crippen LogP contribution in [0.2, 0.25) is 0 Å². The lowest BCUT2D eigenvalue weighted by Gasteiger charge is -2.34. The molecule has 0 amide bonds. The number of rotatable bonds is 1. The fourth-order valence-electron chi connectivity index (χ4n) is 2.70. The topological polar surface area (TPSA) is 15.3 Å². The van der Waals surface area contributed by atoms with Crippen molar-refractivity contribution < 1.29 is 8.78 Å². The predicted octanol–water partition coefficient (Wildman–Crippen LogP) is 2.92. The summed E-state index contributed by atoms with van der Waals surface area (Å²) in [7, 11) is 0. The van der Waals surface area contributed by atoms with Crippen molar-refractivity contribution in [3.63, 3.8) is 0 Å². The zero-order valence-corrected chi connectivity index (χ0v) is 10.8. The van der Waals surface area contributed by atoms with Crippen LogP contribution in [-0.2, 0) is 0 Å². The minimum atomic E-state index is -0.405. The molecule has 0 spiro atoms. The van der Waals surface area contributed by atoms with E-state index < -0.39 is 5.82 Å². The lowest BCUT2D eigenvalue weighted by molar-refractivity contribution is 0.485. The van der Waals surface area contributed by atoms with Crippen molar-refractivity contribution in [3.05, 3.63) is 42.0 Å². The van der Waals surface area contributed by atoms with E-state index in [1.165, 1.54) is 18.2 Å². The molecule has 100 valence electrons. The fourth-order valence-corrected chi connectivity index (χ4v) is 2.70. The van der Waals surface area contributed by atoms with E-state index in [1.807, 2.05) is 0 Å². The number of fused-ring (bicyclic) bond motifs is 1. The highest BCUT2D eigenvalue weighted by Crippen LogP contribution is 2.30. The highest BCUT2D eigenvalue weighted by molar-refractivity contribution is 5.94. The second-order valence-corrected chi connectivity index (χ2v) is 5.06. The van der Waals surface area contributed by atoms with Crippen LogP contribution in [0.1, 0.15) is 6.92 Å². The molecule has 1 heterocycles. The SMILES string of the molecule is C[C@@H]1CN(c2ccc(F)c3cc(F)ccc23)CCN1. The Morgan fingerprint density at radius 2 is 2.00 bits per heavy atom. The molecule has 0 bridgehead atoms. The number of halogens is 2. The van der Waals surface area contributed by atoms with E-state index in [1.54, 1.807) is 12.1 Å². The van der Waals surface area contributed by atoms with Crippen LogP contribution < -0.4 is 10.2 Å². The second-order valence-electron chi connectivity index (χ2n) is 5.06. The van der Waals surface area contributed by atoms with Gasteiger partial charge >= 0.3 is 0 Å². The summed E-state index contributed by atoms with van der Waals surface area (Å²) in [6.45, 7) is 4.78. The van der Waals surface area contributed by atoms with Gasteiger partial charge in [0.1, 0.15) is 11.6 Å². The first-order valence-electron chi connectivity index (χ1n) is 6.51. The van der Waals surface area contributed by atoms with Crippen LogP contribution in [0, 0.1) is 11.6 Å². The average Bonchev–Trinajstić information content (AvgIpc) is 2.40. The molecule has 3 rings (SSSR count). The van der Waals surface area contributed by atoms with E-state index in [4.69, 9.17) is 0 Å². The highest BCUT2D eigenvalue weighted by Gasteiger charge is 2.18. The summed E-state index contributed by atoms with van der Waals surface area (Å²) in [5, 5.41) is 4.50. The maximum Gasteiger partial charge on any atom is 0.131 e.